The van der Waals surface area contributed by atoms with E-state index in [1.807, 2.05) is 30.3 Å². The molecule has 2 rings (SSSR count). The SMILES string of the molecule is CC(=O)N[C@H](CC(=O)Nc1ccc(S(=O)(=O)N(C)C)cc1)c1ccccc1. The maximum absolute atomic E-state index is 12.4. The molecule has 0 aliphatic heterocycles. The smallest absolute Gasteiger partial charge is 0.242 e. The summed E-state index contributed by atoms with van der Waals surface area (Å²) in [5, 5.41) is 5.49. The van der Waals surface area contributed by atoms with Gasteiger partial charge in [0.05, 0.1) is 17.4 Å². The molecule has 0 aliphatic carbocycles. The van der Waals surface area contributed by atoms with Crippen molar-refractivity contribution in [2.24, 2.45) is 0 Å². The molecule has 0 saturated heterocycles. The van der Waals surface area contributed by atoms with Gasteiger partial charge in [-0.25, -0.2) is 12.7 Å². The molecule has 0 unspecified atom stereocenters. The summed E-state index contributed by atoms with van der Waals surface area (Å²) in [7, 11) is -0.607. The fourth-order valence-electron chi connectivity index (χ4n) is 2.50. The molecule has 0 spiro atoms. The molecular formula is C19H23N3O4S. The third kappa shape index (κ3) is 5.63. The third-order valence-corrected chi connectivity index (χ3v) is 5.71. The summed E-state index contributed by atoms with van der Waals surface area (Å²) in [6.07, 6.45) is 0.0569. The van der Waals surface area contributed by atoms with Crippen LogP contribution in [-0.2, 0) is 19.6 Å². The van der Waals surface area contributed by atoms with Crippen LogP contribution >= 0.6 is 0 Å². The summed E-state index contributed by atoms with van der Waals surface area (Å²) in [5.74, 6) is -0.518. The molecule has 1 atom stereocenters. The Morgan fingerprint density at radius 2 is 1.59 bits per heavy atom. The lowest BCUT2D eigenvalue weighted by molar-refractivity contribution is -0.120. The third-order valence-electron chi connectivity index (χ3n) is 3.89. The lowest BCUT2D eigenvalue weighted by atomic mass is 10.0. The van der Waals surface area contributed by atoms with E-state index < -0.39 is 16.1 Å². The van der Waals surface area contributed by atoms with Gasteiger partial charge in [0.2, 0.25) is 21.8 Å². The highest BCUT2D eigenvalue weighted by Crippen LogP contribution is 2.20. The number of nitrogens with zero attached hydrogens (tertiary/aromatic N) is 1. The minimum atomic E-state index is -3.52. The van der Waals surface area contributed by atoms with Crippen molar-refractivity contribution in [3.8, 4) is 0 Å². The molecule has 0 fully saturated rings. The maximum atomic E-state index is 12.4. The molecule has 8 heteroatoms. The monoisotopic (exact) mass is 389 g/mol. The maximum Gasteiger partial charge on any atom is 0.242 e. The Morgan fingerprint density at radius 3 is 2.11 bits per heavy atom. The van der Waals surface area contributed by atoms with E-state index in [9.17, 15) is 18.0 Å². The molecule has 2 aromatic rings. The molecule has 2 amide bonds. The van der Waals surface area contributed by atoms with Gasteiger partial charge in [0.15, 0.2) is 0 Å². The second-order valence-electron chi connectivity index (χ2n) is 6.23. The van der Waals surface area contributed by atoms with Crippen molar-refractivity contribution in [3.05, 3.63) is 60.2 Å². The predicted octanol–water partition coefficient (Wildman–Crippen LogP) is 2.14. The number of benzene rings is 2. The van der Waals surface area contributed by atoms with E-state index >= 15 is 0 Å². The van der Waals surface area contributed by atoms with Crippen LogP contribution in [0.3, 0.4) is 0 Å². The fourth-order valence-corrected chi connectivity index (χ4v) is 3.40. The Balaban J connectivity index is 2.08. The molecule has 7 nitrogen and oxygen atoms in total. The van der Waals surface area contributed by atoms with E-state index in [0.717, 1.165) is 9.87 Å². The van der Waals surface area contributed by atoms with Gasteiger partial charge in [0.1, 0.15) is 0 Å². The van der Waals surface area contributed by atoms with E-state index in [0.29, 0.717) is 5.69 Å². The predicted molar refractivity (Wildman–Crippen MR) is 104 cm³/mol. The second kappa shape index (κ2) is 8.79. The standard InChI is InChI=1S/C19H23N3O4S/c1-14(23)20-18(15-7-5-4-6-8-15)13-19(24)21-16-9-11-17(12-10-16)27(25,26)22(2)3/h4-12,18H,13H2,1-3H3,(H,20,23)(H,21,24)/t18-/m1/s1. The molecule has 0 saturated carbocycles. The van der Waals surface area contributed by atoms with Crippen LogP contribution in [0.5, 0.6) is 0 Å². The summed E-state index contributed by atoms with van der Waals surface area (Å²) in [5.41, 5.74) is 1.31. The van der Waals surface area contributed by atoms with Crippen molar-refractivity contribution >= 4 is 27.5 Å². The van der Waals surface area contributed by atoms with Crippen molar-refractivity contribution in [2.75, 3.05) is 19.4 Å². The van der Waals surface area contributed by atoms with E-state index in [1.165, 1.54) is 45.3 Å². The number of nitrogens with one attached hydrogen (secondary N) is 2. The van der Waals surface area contributed by atoms with Crippen molar-refractivity contribution in [2.45, 2.75) is 24.3 Å². The first-order chi connectivity index (χ1) is 12.7. The number of hydrogen-bond acceptors (Lipinski definition) is 4. The average Bonchev–Trinajstić information content (AvgIpc) is 2.62. The first kappa shape index (κ1) is 20.6. The van der Waals surface area contributed by atoms with Crippen LogP contribution in [0.1, 0.15) is 24.9 Å². The summed E-state index contributed by atoms with van der Waals surface area (Å²) >= 11 is 0. The first-order valence-electron chi connectivity index (χ1n) is 8.34. The van der Waals surface area contributed by atoms with E-state index in [2.05, 4.69) is 10.6 Å². The first-order valence-corrected chi connectivity index (χ1v) is 9.78. The quantitative estimate of drug-likeness (QED) is 0.758. The molecule has 0 radical (unpaired) electrons. The van der Waals surface area contributed by atoms with Crippen molar-refractivity contribution in [1.29, 1.82) is 0 Å². The average molecular weight is 389 g/mol. The minimum absolute atomic E-state index is 0.0569. The fraction of sp³-hybridized carbons (Fsp3) is 0.263. The Bertz CT molecular complexity index is 894. The van der Waals surface area contributed by atoms with Crippen LogP contribution in [-0.4, -0.2) is 38.6 Å². The highest BCUT2D eigenvalue weighted by atomic mass is 32.2. The summed E-state index contributed by atoms with van der Waals surface area (Å²) in [4.78, 5) is 24.0. The topological polar surface area (TPSA) is 95.6 Å². The van der Waals surface area contributed by atoms with Gasteiger partial charge >= 0.3 is 0 Å². The molecule has 2 aromatic carbocycles. The van der Waals surface area contributed by atoms with Crippen molar-refractivity contribution < 1.29 is 18.0 Å². The zero-order chi connectivity index (χ0) is 20.0. The Labute approximate surface area is 159 Å². The molecule has 2 N–H and O–H groups in total. The van der Waals surface area contributed by atoms with Crippen LogP contribution in [0.15, 0.2) is 59.5 Å². The van der Waals surface area contributed by atoms with Crippen LogP contribution in [0.25, 0.3) is 0 Å². The van der Waals surface area contributed by atoms with E-state index in [4.69, 9.17) is 0 Å². The van der Waals surface area contributed by atoms with Gasteiger partial charge < -0.3 is 10.6 Å². The van der Waals surface area contributed by atoms with Crippen molar-refractivity contribution in [3.63, 3.8) is 0 Å². The molecule has 27 heavy (non-hydrogen) atoms. The van der Waals surface area contributed by atoms with Gasteiger partial charge in [-0.2, -0.15) is 0 Å². The lowest BCUT2D eigenvalue weighted by Crippen LogP contribution is -2.29. The summed E-state index contributed by atoms with van der Waals surface area (Å²) in [6, 6.07) is 14.7. The van der Waals surface area contributed by atoms with Crippen LogP contribution < -0.4 is 10.6 Å². The van der Waals surface area contributed by atoms with Crippen LogP contribution in [0, 0.1) is 0 Å². The molecule has 0 aliphatic rings. The largest absolute Gasteiger partial charge is 0.349 e. The number of amides is 2. The number of rotatable bonds is 7. The summed E-state index contributed by atoms with van der Waals surface area (Å²) < 4.78 is 25.3. The van der Waals surface area contributed by atoms with Gasteiger partial charge in [0.25, 0.3) is 0 Å². The molecule has 0 heterocycles. The Kier molecular flexibility index (Phi) is 6.70. The molecule has 0 aromatic heterocycles. The van der Waals surface area contributed by atoms with Gasteiger partial charge in [-0.05, 0) is 29.8 Å². The summed E-state index contributed by atoms with van der Waals surface area (Å²) in [6.45, 7) is 1.40. The number of anilines is 1. The van der Waals surface area contributed by atoms with Gasteiger partial charge in [-0.15, -0.1) is 0 Å². The number of hydrogen-bond donors (Lipinski definition) is 2. The number of carbonyl (C=O) groups is 2. The molecule has 0 bridgehead atoms. The Hall–Kier alpha value is -2.71. The molecular weight excluding hydrogens is 366 g/mol. The highest BCUT2D eigenvalue weighted by molar-refractivity contribution is 7.89. The second-order valence-corrected chi connectivity index (χ2v) is 8.38. The number of sulfonamides is 1. The van der Waals surface area contributed by atoms with Crippen LogP contribution in [0.2, 0.25) is 0 Å². The Morgan fingerprint density at radius 1 is 1.00 bits per heavy atom. The van der Waals surface area contributed by atoms with E-state index in [-0.39, 0.29) is 23.1 Å². The van der Waals surface area contributed by atoms with Gasteiger partial charge in [-0.1, -0.05) is 30.3 Å². The normalized spacial score (nSPS) is 12.4. The van der Waals surface area contributed by atoms with Gasteiger partial charge in [-0.3, -0.25) is 9.59 Å². The zero-order valence-corrected chi connectivity index (χ0v) is 16.3. The molecule has 144 valence electrons. The minimum Gasteiger partial charge on any atom is -0.349 e. The lowest BCUT2D eigenvalue weighted by Gasteiger charge is -2.18. The van der Waals surface area contributed by atoms with Crippen LogP contribution in [0.4, 0.5) is 5.69 Å². The van der Waals surface area contributed by atoms with Crippen molar-refractivity contribution in [1.82, 2.24) is 9.62 Å². The van der Waals surface area contributed by atoms with Gasteiger partial charge in [0, 0.05) is 26.7 Å². The van der Waals surface area contributed by atoms with E-state index in [1.54, 1.807) is 0 Å². The number of carbonyl (C=O) groups excluding carboxylic acids is 2. The zero-order valence-electron chi connectivity index (χ0n) is 15.5. The highest BCUT2D eigenvalue weighted by Gasteiger charge is 2.19.